The van der Waals surface area contributed by atoms with E-state index in [4.69, 9.17) is 0 Å². The van der Waals surface area contributed by atoms with Gasteiger partial charge in [0.25, 0.3) is 0 Å². The Morgan fingerprint density at radius 3 is 1.00 bits per heavy atom. The van der Waals surface area contributed by atoms with Crippen molar-refractivity contribution < 1.29 is 70.9 Å². The van der Waals surface area contributed by atoms with Gasteiger partial charge in [-0.25, -0.2) is 9.47 Å². The second-order valence-corrected chi connectivity index (χ2v) is 3.27. The Morgan fingerprint density at radius 1 is 0.409 bits per heavy atom. The number of alkyl halides is 14. The maximum atomic E-state index is 12.4. The van der Waals surface area contributed by atoms with Crippen molar-refractivity contribution in [2.45, 2.75) is 36.8 Å². The van der Waals surface area contributed by atoms with Crippen molar-refractivity contribution >= 4 is 0 Å². The van der Waals surface area contributed by atoms with E-state index in [1.165, 1.54) is 9.47 Å². The van der Waals surface area contributed by atoms with Gasteiger partial charge in [0.2, 0.25) is 0 Å². The molecule has 0 aliphatic heterocycles. The van der Waals surface area contributed by atoms with Gasteiger partial charge in [0.1, 0.15) is 0 Å². The van der Waals surface area contributed by atoms with E-state index < -0.39 is 36.8 Å². The predicted molar refractivity (Wildman–Crippen MR) is 34.1 cm³/mol. The van der Waals surface area contributed by atoms with Crippen LogP contribution in [0.3, 0.4) is 0 Å². The van der Waals surface area contributed by atoms with Crippen LogP contribution in [0.15, 0.2) is 0 Å². The first-order valence-electron chi connectivity index (χ1n) is 4.21. The van der Waals surface area contributed by atoms with E-state index in [9.17, 15) is 61.5 Å². The first-order chi connectivity index (χ1) is 9.16. The highest BCUT2D eigenvalue weighted by molar-refractivity contribution is 4.86. The molecule has 0 N–H and O–H groups in total. The zero-order valence-corrected chi connectivity index (χ0v) is 9.11. The smallest absolute Gasteiger partial charge is 0.243 e. The minimum absolute atomic E-state index is 1.32. The van der Waals surface area contributed by atoms with Crippen LogP contribution in [0.2, 0.25) is 0 Å². The van der Waals surface area contributed by atoms with Crippen LogP contribution in [0.5, 0.6) is 0 Å². The SMILES string of the molecule is FC(F)(F)OC(F)(F)C(F)(F)OC(F)(F)C(F)(F)C(F)(F)F. The maximum Gasteiger partial charge on any atom is 0.527 e. The van der Waals surface area contributed by atoms with Gasteiger partial charge in [-0.3, -0.25) is 0 Å². The summed E-state index contributed by atoms with van der Waals surface area (Å²) >= 11 is 0. The highest BCUT2D eigenvalue weighted by atomic mass is 19.4. The molecule has 0 aromatic carbocycles. The zero-order valence-electron chi connectivity index (χ0n) is 9.11. The van der Waals surface area contributed by atoms with Crippen molar-refractivity contribution in [1.82, 2.24) is 0 Å². The Balaban J connectivity index is 5.52. The summed E-state index contributed by atoms with van der Waals surface area (Å²) in [4.78, 5) is 0. The first-order valence-corrected chi connectivity index (χ1v) is 4.21. The van der Waals surface area contributed by atoms with E-state index in [0.29, 0.717) is 0 Å². The van der Waals surface area contributed by atoms with Gasteiger partial charge in [0.05, 0.1) is 0 Å². The summed E-state index contributed by atoms with van der Waals surface area (Å²) in [5.74, 6) is -7.42. The summed E-state index contributed by atoms with van der Waals surface area (Å²) in [6.45, 7) is 0. The second-order valence-electron chi connectivity index (χ2n) is 3.27. The summed E-state index contributed by atoms with van der Waals surface area (Å²) < 4.78 is 169. The third-order valence-corrected chi connectivity index (χ3v) is 1.56. The number of ether oxygens (including phenoxy) is 2. The molecule has 0 saturated carbocycles. The molecule has 0 aromatic rings. The fraction of sp³-hybridized carbons (Fsp3) is 1.00. The molecular weight excluding hydrogens is 370 g/mol. The molecule has 0 atom stereocenters. The molecule has 0 rings (SSSR count). The molecule has 0 unspecified atom stereocenters. The monoisotopic (exact) mass is 370 g/mol. The Hall–Kier alpha value is -1.06. The van der Waals surface area contributed by atoms with E-state index >= 15 is 0 Å². The van der Waals surface area contributed by atoms with Crippen molar-refractivity contribution in [1.29, 1.82) is 0 Å². The minimum atomic E-state index is -7.42. The molecule has 0 radical (unpaired) electrons. The predicted octanol–water partition coefficient (Wildman–Crippen LogP) is 4.52. The van der Waals surface area contributed by atoms with Crippen molar-refractivity contribution in [3.05, 3.63) is 0 Å². The van der Waals surface area contributed by atoms with Crippen molar-refractivity contribution in [2.75, 3.05) is 0 Å². The van der Waals surface area contributed by atoms with Crippen molar-refractivity contribution in [3.63, 3.8) is 0 Å². The molecule has 22 heavy (non-hydrogen) atoms. The van der Waals surface area contributed by atoms with Gasteiger partial charge < -0.3 is 0 Å². The maximum absolute atomic E-state index is 12.4. The van der Waals surface area contributed by atoms with Crippen LogP contribution in [-0.4, -0.2) is 36.8 Å². The van der Waals surface area contributed by atoms with E-state index in [2.05, 4.69) is 0 Å². The van der Waals surface area contributed by atoms with E-state index in [1.54, 1.807) is 0 Å². The Labute approximate surface area is 109 Å². The molecule has 0 saturated heterocycles. The lowest BCUT2D eigenvalue weighted by Gasteiger charge is -2.33. The van der Waals surface area contributed by atoms with Gasteiger partial charge in [0.15, 0.2) is 0 Å². The van der Waals surface area contributed by atoms with Gasteiger partial charge in [-0.15, -0.1) is 13.2 Å². The van der Waals surface area contributed by atoms with Crippen LogP contribution in [0.25, 0.3) is 0 Å². The highest BCUT2D eigenvalue weighted by Gasteiger charge is 2.79. The molecular formula is C6F14O2. The molecule has 0 aliphatic carbocycles. The van der Waals surface area contributed by atoms with Crippen LogP contribution in [-0.2, 0) is 9.47 Å². The Bertz CT molecular complexity index is 391. The van der Waals surface area contributed by atoms with Gasteiger partial charge in [-0.2, -0.15) is 48.3 Å². The zero-order chi connectivity index (χ0) is 18.4. The third kappa shape index (κ3) is 4.23. The van der Waals surface area contributed by atoms with Gasteiger partial charge in [0, 0.05) is 0 Å². The molecule has 134 valence electrons. The molecule has 0 bridgehead atoms. The van der Waals surface area contributed by atoms with Crippen LogP contribution in [0, 0.1) is 0 Å². The average Bonchev–Trinajstić information content (AvgIpc) is 2.08. The Morgan fingerprint density at radius 2 is 0.727 bits per heavy atom. The lowest BCUT2D eigenvalue weighted by atomic mass is 10.3. The molecule has 0 amide bonds. The van der Waals surface area contributed by atoms with E-state index in [0.717, 1.165) is 0 Å². The van der Waals surface area contributed by atoms with Crippen LogP contribution in [0.1, 0.15) is 0 Å². The lowest BCUT2D eigenvalue weighted by Crippen LogP contribution is -2.59. The average molecular weight is 370 g/mol. The molecule has 2 nitrogen and oxygen atoms in total. The topological polar surface area (TPSA) is 18.5 Å². The van der Waals surface area contributed by atoms with Crippen LogP contribution < -0.4 is 0 Å². The van der Waals surface area contributed by atoms with Crippen molar-refractivity contribution in [3.8, 4) is 0 Å². The summed E-state index contributed by atoms with van der Waals surface area (Å²) in [5.41, 5.74) is 0. The molecule has 0 aliphatic rings. The fourth-order valence-corrected chi connectivity index (χ4v) is 0.654. The largest absolute Gasteiger partial charge is 0.527 e. The summed E-state index contributed by atoms with van der Waals surface area (Å²) in [6, 6.07) is 0. The quantitative estimate of drug-likeness (QED) is 0.663. The highest BCUT2D eigenvalue weighted by Crippen LogP contribution is 2.51. The lowest BCUT2D eigenvalue weighted by molar-refractivity contribution is -0.550. The van der Waals surface area contributed by atoms with Crippen LogP contribution >= 0.6 is 0 Å². The molecule has 0 aromatic heterocycles. The van der Waals surface area contributed by atoms with E-state index in [-0.39, 0.29) is 0 Å². The standard InChI is InChI=1S/C6F14O2/c7-1(8,2(9,10)11)3(12,13)21-4(14,15)5(16,17)22-6(18,19)20. The summed E-state index contributed by atoms with van der Waals surface area (Å²) in [6.07, 6.45) is -35.4. The van der Waals surface area contributed by atoms with Crippen molar-refractivity contribution in [2.24, 2.45) is 0 Å². The van der Waals surface area contributed by atoms with E-state index in [1.807, 2.05) is 0 Å². The fourth-order valence-electron chi connectivity index (χ4n) is 0.654. The molecule has 0 heterocycles. The number of hydrogen-bond acceptors (Lipinski definition) is 2. The molecule has 0 fully saturated rings. The summed E-state index contributed by atoms with van der Waals surface area (Å²) in [5, 5.41) is 0. The van der Waals surface area contributed by atoms with Gasteiger partial charge >= 0.3 is 36.8 Å². The summed E-state index contributed by atoms with van der Waals surface area (Å²) in [7, 11) is 0. The van der Waals surface area contributed by atoms with Crippen LogP contribution in [0.4, 0.5) is 61.5 Å². The second kappa shape index (κ2) is 5.24. The third-order valence-electron chi connectivity index (χ3n) is 1.56. The van der Waals surface area contributed by atoms with Gasteiger partial charge in [-0.05, 0) is 0 Å². The number of hydrogen-bond donors (Lipinski definition) is 0. The first kappa shape index (κ1) is 20.9. The number of rotatable bonds is 5. The molecule has 0 spiro atoms. The number of halogens is 14. The molecule has 16 heteroatoms. The normalized spacial score (nSPS) is 16.1. The van der Waals surface area contributed by atoms with Gasteiger partial charge in [-0.1, -0.05) is 0 Å². The minimum Gasteiger partial charge on any atom is -0.243 e. The Kier molecular flexibility index (Phi) is 4.99.